The molecule has 2 aromatic carbocycles. The van der Waals surface area contributed by atoms with Crippen LogP contribution < -0.4 is 10.2 Å². The van der Waals surface area contributed by atoms with E-state index in [2.05, 4.69) is 34.3 Å². The van der Waals surface area contributed by atoms with E-state index >= 15 is 0 Å². The summed E-state index contributed by atoms with van der Waals surface area (Å²) in [6.45, 7) is 6.21. The maximum absolute atomic E-state index is 12.4. The number of hydrogen-bond donors (Lipinski definition) is 1. The number of thioether (sulfide) groups is 1. The fourth-order valence-corrected chi connectivity index (χ4v) is 3.71. The van der Waals surface area contributed by atoms with Gasteiger partial charge in [0, 0.05) is 42.4 Å². The van der Waals surface area contributed by atoms with Crippen molar-refractivity contribution in [1.29, 1.82) is 0 Å². The van der Waals surface area contributed by atoms with Crippen molar-refractivity contribution in [2.24, 2.45) is 0 Å². The summed E-state index contributed by atoms with van der Waals surface area (Å²) in [5.41, 5.74) is 2.07. The van der Waals surface area contributed by atoms with Crippen LogP contribution in [0.2, 0.25) is 0 Å². The van der Waals surface area contributed by atoms with Crippen LogP contribution in [0.4, 0.5) is 11.4 Å². The van der Waals surface area contributed by atoms with E-state index in [1.54, 1.807) is 11.8 Å². The van der Waals surface area contributed by atoms with Gasteiger partial charge >= 0.3 is 0 Å². The first-order chi connectivity index (χ1) is 12.1. The van der Waals surface area contributed by atoms with Crippen molar-refractivity contribution in [2.75, 3.05) is 43.4 Å². The van der Waals surface area contributed by atoms with Crippen LogP contribution >= 0.6 is 11.8 Å². The number of carbonyl (C=O) groups excluding carboxylic acids is 1. The van der Waals surface area contributed by atoms with E-state index in [1.807, 2.05) is 49.4 Å². The Hall–Kier alpha value is -1.98. The number of rotatable bonds is 5. The maximum atomic E-state index is 12.4. The Bertz CT molecular complexity index is 682. The van der Waals surface area contributed by atoms with Crippen molar-refractivity contribution in [3.05, 3.63) is 54.6 Å². The lowest BCUT2D eigenvalue weighted by Crippen LogP contribution is -2.44. The van der Waals surface area contributed by atoms with Gasteiger partial charge in [-0.25, -0.2) is 0 Å². The average molecular weight is 356 g/mol. The van der Waals surface area contributed by atoms with E-state index < -0.39 is 0 Å². The smallest absolute Gasteiger partial charge is 0.237 e. The first-order valence-electron chi connectivity index (χ1n) is 8.68. The van der Waals surface area contributed by atoms with Crippen molar-refractivity contribution in [3.63, 3.8) is 0 Å². The van der Waals surface area contributed by atoms with Crippen molar-refractivity contribution in [3.8, 4) is 0 Å². The second-order valence-electron chi connectivity index (χ2n) is 6.40. The number of nitrogens with one attached hydrogen (secondary N) is 1. The molecule has 0 unspecified atom stereocenters. The van der Waals surface area contributed by atoms with Crippen LogP contribution in [0.5, 0.6) is 0 Å². The highest BCUT2D eigenvalue weighted by molar-refractivity contribution is 8.00. The Morgan fingerprint density at radius 1 is 1.00 bits per heavy atom. The van der Waals surface area contributed by atoms with Crippen molar-refractivity contribution in [2.45, 2.75) is 17.1 Å². The molecule has 3 rings (SSSR count). The van der Waals surface area contributed by atoms with Crippen LogP contribution in [0.15, 0.2) is 59.5 Å². The molecule has 1 fully saturated rings. The molecule has 1 N–H and O–H groups in total. The molecule has 1 aliphatic rings. The molecular formula is C20H25N3OS. The minimum absolute atomic E-state index is 0.0289. The molecule has 1 amide bonds. The molecule has 5 heteroatoms. The largest absolute Gasteiger partial charge is 0.369 e. The van der Waals surface area contributed by atoms with Gasteiger partial charge in [0.1, 0.15) is 0 Å². The summed E-state index contributed by atoms with van der Waals surface area (Å²) in [5.74, 6) is 0.0289. The Labute approximate surface area is 154 Å². The zero-order valence-corrected chi connectivity index (χ0v) is 15.6. The highest BCUT2D eigenvalue weighted by Crippen LogP contribution is 2.24. The number of hydrogen-bond acceptors (Lipinski definition) is 4. The van der Waals surface area contributed by atoms with Crippen LogP contribution in [0.3, 0.4) is 0 Å². The molecule has 0 bridgehead atoms. The van der Waals surface area contributed by atoms with Crippen LogP contribution in [0.1, 0.15) is 6.92 Å². The van der Waals surface area contributed by atoms with Crippen LogP contribution in [-0.2, 0) is 4.79 Å². The van der Waals surface area contributed by atoms with Crippen LogP contribution in [0, 0.1) is 0 Å². The Kier molecular flexibility index (Phi) is 6.00. The standard InChI is InChI=1S/C20H25N3OS/c1-16(25-19-6-4-3-5-7-19)20(24)21-17-8-10-18(11-9-17)23-14-12-22(2)13-15-23/h3-11,16H,12-15H2,1-2H3,(H,21,24)/t16-/m0/s1. The third kappa shape index (κ3) is 5.00. The van der Waals surface area contributed by atoms with E-state index in [9.17, 15) is 4.79 Å². The summed E-state index contributed by atoms with van der Waals surface area (Å²) >= 11 is 1.57. The molecule has 0 saturated carbocycles. The summed E-state index contributed by atoms with van der Waals surface area (Å²) < 4.78 is 0. The molecule has 0 spiro atoms. The summed E-state index contributed by atoms with van der Waals surface area (Å²) in [6, 6.07) is 18.2. The monoisotopic (exact) mass is 355 g/mol. The van der Waals surface area contributed by atoms with Crippen molar-refractivity contribution >= 4 is 29.0 Å². The normalized spacial score (nSPS) is 16.5. The number of nitrogens with zero attached hydrogens (tertiary/aromatic N) is 2. The quantitative estimate of drug-likeness (QED) is 0.832. The topological polar surface area (TPSA) is 35.6 Å². The lowest BCUT2D eigenvalue weighted by Gasteiger charge is -2.34. The molecule has 0 aliphatic carbocycles. The van der Waals surface area contributed by atoms with Crippen molar-refractivity contribution in [1.82, 2.24) is 4.90 Å². The number of benzene rings is 2. The lowest BCUT2D eigenvalue weighted by atomic mass is 10.2. The predicted molar refractivity (Wildman–Crippen MR) is 107 cm³/mol. The van der Waals surface area contributed by atoms with Gasteiger partial charge in [-0.2, -0.15) is 0 Å². The van der Waals surface area contributed by atoms with Crippen molar-refractivity contribution < 1.29 is 4.79 Å². The van der Waals surface area contributed by atoms with Gasteiger partial charge in [0.15, 0.2) is 0 Å². The summed E-state index contributed by atoms with van der Waals surface area (Å²) in [4.78, 5) is 18.2. The fraction of sp³-hybridized carbons (Fsp3) is 0.350. The summed E-state index contributed by atoms with van der Waals surface area (Å²) in [7, 11) is 2.16. The second kappa shape index (κ2) is 8.41. The predicted octanol–water partition coefficient (Wildman–Crippen LogP) is 3.56. The molecule has 1 aliphatic heterocycles. The second-order valence-corrected chi connectivity index (χ2v) is 7.81. The number of carbonyl (C=O) groups is 1. The first-order valence-corrected chi connectivity index (χ1v) is 9.56. The van der Waals surface area contributed by atoms with E-state index in [-0.39, 0.29) is 11.2 Å². The zero-order chi connectivity index (χ0) is 17.6. The van der Waals surface area contributed by atoms with E-state index in [0.29, 0.717) is 0 Å². The Balaban J connectivity index is 1.54. The molecular weight excluding hydrogens is 330 g/mol. The molecule has 1 heterocycles. The molecule has 0 radical (unpaired) electrons. The fourth-order valence-electron chi connectivity index (χ4n) is 2.82. The summed E-state index contributed by atoms with van der Waals surface area (Å²) in [5, 5.41) is 2.87. The lowest BCUT2D eigenvalue weighted by molar-refractivity contribution is -0.115. The third-order valence-electron chi connectivity index (χ3n) is 4.43. The summed E-state index contributed by atoms with van der Waals surface area (Å²) in [6.07, 6.45) is 0. The SMILES string of the molecule is C[C@H](Sc1ccccc1)C(=O)Nc1ccc(N2CCN(C)CC2)cc1. The molecule has 132 valence electrons. The van der Waals surface area contributed by atoms with Gasteiger partial charge in [-0.15, -0.1) is 11.8 Å². The third-order valence-corrected chi connectivity index (χ3v) is 5.54. The number of amides is 1. The van der Waals surface area contributed by atoms with Crippen LogP contribution in [-0.4, -0.2) is 49.3 Å². The molecule has 1 atom stereocenters. The maximum Gasteiger partial charge on any atom is 0.237 e. The van der Waals surface area contributed by atoms with Gasteiger partial charge in [-0.3, -0.25) is 4.79 Å². The van der Waals surface area contributed by atoms with Gasteiger partial charge in [-0.05, 0) is 50.4 Å². The zero-order valence-electron chi connectivity index (χ0n) is 14.8. The average Bonchev–Trinajstić information content (AvgIpc) is 2.64. The van der Waals surface area contributed by atoms with Gasteiger partial charge in [0.2, 0.25) is 5.91 Å². The molecule has 2 aromatic rings. The minimum Gasteiger partial charge on any atom is -0.369 e. The van der Waals surface area contributed by atoms with Gasteiger partial charge < -0.3 is 15.1 Å². The minimum atomic E-state index is -0.139. The first kappa shape index (κ1) is 17.8. The highest BCUT2D eigenvalue weighted by atomic mass is 32.2. The Morgan fingerprint density at radius 2 is 1.64 bits per heavy atom. The van der Waals surface area contributed by atoms with Gasteiger partial charge in [0.05, 0.1) is 5.25 Å². The van der Waals surface area contributed by atoms with E-state index in [4.69, 9.17) is 0 Å². The molecule has 0 aromatic heterocycles. The Morgan fingerprint density at radius 3 is 2.28 bits per heavy atom. The number of anilines is 2. The number of likely N-dealkylation sites (N-methyl/N-ethyl adjacent to an activating group) is 1. The van der Waals surface area contributed by atoms with E-state index in [0.717, 1.165) is 36.8 Å². The van der Waals surface area contributed by atoms with Gasteiger partial charge in [0.25, 0.3) is 0 Å². The molecule has 4 nitrogen and oxygen atoms in total. The molecule has 25 heavy (non-hydrogen) atoms. The van der Waals surface area contributed by atoms with Crippen LogP contribution in [0.25, 0.3) is 0 Å². The number of piperazine rings is 1. The van der Waals surface area contributed by atoms with Gasteiger partial charge in [-0.1, -0.05) is 18.2 Å². The molecule has 1 saturated heterocycles. The van der Waals surface area contributed by atoms with E-state index in [1.165, 1.54) is 5.69 Å². The highest BCUT2D eigenvalue weighted by Gasteiger charge is 2.16.